The number of H-pyrrole nitrogens is 1. The number of fused-ring (bicyclic) bond motifs is 4. The van der Waals surface area contributed by atoms with E-state index in [-0.39, 0.29) is 12.0 Å². The Morgan fingerprint density at radius 2 is 1.25 bits per heavy atom. The summed E-state index contributed by atoms with van der Waals surface area (Å²) < 4.78 is 26.2. The molecule has 0 spiro atoms. The van der Waals surface area contributed by atoms with Crippen molar-refractivity contribution in [1.82, 2.24) is 9.55 Å². The maximum absolute atomic E-state index is 6.06. The van der Waals surface area contributed by atoms with Gasteiger partial charge in [-0.05, 0) is 67.0 Å². The van der Waals surface area contributed by atoms with Gasteiger partial charge in [-0.25, -0.2) is 0 Å². The molecule has 6 heteroatoms. The maximum Gasteiger partial charge on any atom is 0.132 e. The number of nitrogens with zero attached hydrogens (tertiary/aromatic N) is 1. The zero-order valence-electron chi connectivity index (χ0n) is 29.6. The van der Waals surface area contributed by atoms with Crippen LogP contribution in [0.2, 0.25) is 0 Å². The lowest BCUT2D eigenvalue weighted by Crippen LogP contribution is -2.31. The molecule has 7 rings (SSSR count). The van der Waals surface area contributed by atoms with Crippen molar-refractivity contribution in [3.63, 3.8) is 0 Å². The fraction of sp³-hybridized carbons (Fsp3) is 0.333. The van der Waals surface area contributed by atoms with E-state index in [1.165, 1.54) is 44.8 Å². The highest BCUT2D eigenvalue weighted by Gasteiger charge is 2.55. The molecule has 4 aromatic carbocycles. The molecule has 6 nitrogen and oxygen atoms in total. The molecule has 3 unspecified atom stereocenters. The van der Waals surface area contributed by atoms with Crippen LogP contribution in [0, 0.1) is 13.8 Å². The summed E-state index contributed by atoms with van der Waals surface area (Å²) in [6, 6.07) is 26.7. The molecule has 0 amide bonds. The standard InChI is InChI=1S/C42H46N2O4/c1-10-26-12-16-28(17-13-26)40-38(39-24(3)36-32(43-39)20-30(45-6)22-34(36)47-8)42(5,29-18-14-27(11-2)15-19-29)41-25(4)37-33(44(40)41)21-31(46-7)23-35(37)48-9/h12-23,38,40,43H,10-11H2,1-9H3. The van der Waals surface area contributed by atoms with Crippen molar-refractivity contribution >= 4 is 21.8 Å². The Labute approximate surface area is 283 Å². The summed E-state index contributed by atoms with van der Waals surface area (Å²) in [4.78, 5) is 3.94. The molecule has 0 saturated carbocycles. The smallest absolute Gasteiger partial charge is 0.132 e. The molecular formula is C42H46N2O4. The van der Waals surface area contributed by atoms with Gasteiger partial charge >= 0.3 is 0 Å². The van der Waals surface area contributed by atoms with Gasteiger partial charge in [-0.2, -0.15) is 0 Å². The topological polar surface area (TPSA) is 57.6 Å². The van der Waals surface area contributed by atoms with Gasteiger partial charge in [-0.1, -0.05) is 62.4 Å². The van der Waals surface area contributed by atoms with Crippen molar-refractivity contribution < 1.29 is 18.9 Å². The minimum atomic E-state index is -0.440. The van der Waals surface area contributed by atoms with Crippen molar-refractivity contribution in [3.8, 4) is 23.0 Å². The molecule has 1 N–H and O–H groups in total. The Morgan fingerprint density at radius 1 is 0.688 bits per heavy atom. The van der Waals surface area contributed by atoms with Gasteiger partial charge < -0.3 is 28.5 Å². The van der Waals surface area contributed by atoms with E-state index in [1.807, 2.05) is 12.1 Å². The molecule has 3 heterocycles. The van der Waals surface area contributed by atoms with Crippen LogP contribution >= 0.6 is 0 Å². The van der Waals surface area contributed by atoms with Crippen molar-refractivity contribution in [2.75, 3.05) is 28.4 Å². The highest BCUT2D eigenvalue weighted by atomic mass is 16.5. The van der Waals surface area contributed by atoms with Gasteiger partial charge in [0.25, 0.3) is 0 Å². The molecule has 0 fully saturated rings. The van der Waals surface area contributed by atoms with E-state index in [0.717, 1.165) is 57.6 Å². The minimum Gasteiger partial charge on any atom is -0.497 e. The third kappa shape index (κ3) is 4.52. The highest BCUT2D eigenvalue weighted by Crippen LogP contribution is 2.62. The van der Waals surface area contributed by atoms with E-state index in [1.54, 1.807) is 28.4 Å². The molecule has 48 heavy (non-hydrogen) atoms. The Hall–Kier alpha value is -4.84. The third-order valence-corrected chi connectivity index (χ3v) is 11.0. The number of rotatable bonds is 9. The lowest BCUT2D eigenvalue weighted by Gasteiger charge is -2.36. The van der Waals surface area contributed by atoms with Gasteiger partial charge in [0.2, 0.25) is 0 Å². The third-order valence-electron chi connectivity index (χ3n) is 11.0. The second-order valence-corrected chi connectivity index (χ2v) is 13.3. The number of hydrogen-bond donors (Lipinski definition) is 1. The van der Waals surface area contributed by atoms with Crippen LogP contribution in [0.15, 0.2) is 72.8 Å². The van der Waals surface area contributed by atoms with Crippen LogP contribution in [0.25, 0.3) is 21.8 Å². The first kappa shape index (κ1) is 31.7. The van der Waals surface area contributed by atoms with E-state index in [0.29, 0.717) is 0 Å². The summed E-state index contributed by atoms with van der Waals surface area (Å²) in [7, 11) is 6.90. The normalized spacial score (nSPS) is 18.8. The van der Waals surface area contributed by atoms with Gasteiger partial charge in [-0.15, -0.1) is 0 Å². The van der Waals surface area contributed by atoms with Crippen molar-refractivity contribution in [2.24, 2.45) is 0 Å². The molecule has 3 atom stereocenters. The number of aromatic nitrogens is 2. The van der Waals surface area contributed by atoms with E-state index in [9.17, 15) is 0 Å². The first-order valence-corrected chi connectivity index (χ1v) is 16.9. The maximum atomic E-state index is 6.06. The number of nitrogens with one attached hydrogen (secondary N) is 1. The Morgan fingerprint density at radius 3 is 1.81 bits per heavy atom. The number of aryl methyl sites for hydroxylation is 4. The Balaban J connectivity index is 1.64. The van der Waals surface area contributed by atoms with E-state index < -0.39 is 5.41 Å². The van der Waals surface area contributed by atoms with Gasteiger partial charge in [-0.3, -0.25) is 0 Å². The zero-order chi connectivity index (χ0) is 33.9. The van der Waals surface area contributed by atoms with Crippen molar-refractivity contribution in [1.29, 1.82) is 0 Å². The average molecular weight is 643 g/mol. The molecule has 248 valence electrons. The molecule has 1 aliphatic heterocycles. The number of ether oxygens (including phenoxy) is 4. The van der Waals surface area contributed by atoms with Crippen molar-refractivity contribution in [3.05, 3.63) is 118 Å². The first-order chi connectivity index (χ1) is 23.2. The number of methoxy groups -OCH3 is 4. The van der Waals surface area contributed by atoms with Gasteiger partial charge in [0, 0.05) is 57.8 Å². The average Bonchev–Trinajstić information content (AvgIpc) is 3.72. The predicted molar refractivity (Wildman–Crippen MR) is 195 cm³/mol. The Kier molecular flexibility index (Phi) is 7.93. The molecular weight excluding hydrogens is 596 g/mol. The Bertz CT molecular complexity index is 2140. The van der Waals surface area contributed by atoms with Gasteiger partial charge in [0.1, 0.15) is 23.0 Å². The molecule has 6 aromatic rings. The van der Waals surface area contributed by atoms with Crippen molar-refractivity contribution in [2.45, 2.75) is 64.8 Å². The lowest BCUT2D eigenvalue weighted by atomic mass is 9.65. The fourth-order valence-corrected chi connectivity index (χ4v) is 8.56. The predicted octanol–water partition coefficient (Wildman–Crippen LogP) is 9.59. The van der Waals surface area contributed by atoms with Crippen LogP contribution < -0.4 is 18.9 Å². The van der Waals surface area contributed by atoms with Crippen LogP contribution in [-0.4, -0.2) is 38.0 Å². The molecule has 0 saturated heterocycles. The highest BCUT2D eigenvalue weighted by molar-refractivity contribution is 5.95. The second-order valence-electron chi connectivity index (χ2n) is 13.3. The first-order valence-electron chi connectivity index (χ1n) is 16.9. The number of aromatic amines is 1. The largest absolute Gasteiger partial charge is 0.497 e. The monoisotopic (exact) mass is 642 g/mol. The lowest BCUT2D eigenvalue weighted by molar-refractivity contribution is 0.396. The molecule has 0 aliphatic carbocycles. The van der Waals surface area contributed by atoms with Crippen LogP contribution in [0.3, 0.4) is 0 Å². The molecule has 0 radical (unpaired) electrons. The quantitative estimate of drug-likeness (QED) is 0.171. The van der Waals surface area contributed by atoms with Gasteiger partial charge in [0.05, 0.1) is 45.5 Å². The number of hydrogen-bond acceptors (Lipinski definition) is 4. The van der Waals surface area contributed by atoms with E-state index in [2.05, 4.69) is 105 Å². The summed E-state index contributed by atoms with van der Waals surface area (Å²) in [5.74, 6) is 3.15. The van der Waals surface area contributed by atoms with Crippen LogP contribution in [0.5, 0.6) is 23.0 Å². The van der Waals surface area contributed by atoms with Crippen LogP contribution in [0.1, 0.15) is 77.5 Å². The summed E-state index contributed by atoms with van der Waals surface area (Å²) >= 11 is 0. The minimum absolute atomic E-state index is 0.00384. The zero-order valence-corrected chi connectivity index (χ0v) is 29.6. The molecule has 2 aromatic heterocycles. The van der Waals surface area contributed by atoms with Crippen LogP contribution in [0.4, 0.5) is 0 Å². The summed E-state index contributed by atoms with van der Waals surface area (Å²) in [5, 5.41) is 2.21. The molecule has 1 aliphatic rings. The number of benzene rings is 4. The second kappa shape index (κ2) is 12.0. The summed E-state index contributed by atoms with van der Waals surface area (Å²) in [6.45, 7) is 11.3. The summed E-state index contributed by atoms with van der Waals surface area (Å²) in [6.07, 6.45) is 1.98. The summed E-state index contributed by atoms with van der Waals surface area (Å²) in [5.41, 5.74) is 11.7. The van der Waals surface area contributed by atoms with E-state index in [4.69, 9.17) is 18.9 Å². The van der Waals surface area contributed by atoms with E-state index >= 15 is 0 Å². The molecule has 0 bridgehead atoms. The van der Waals surface area contributed by atoms with Crippen LogP contribution in [-0.2, 0) is 18.3 Å². The van der Waals surface area contributed by atoms with Gasteiger partial charge in [0.15, 0.2) is 0 Å². The SMILES string of the molecule is CCc1ccc(C2C(c3[nH]c4cc(OC)cc(OC)c4c3C)C(C)(c3ccc(CC)cc3)c3c(C)c4c(OC)cc(OC)cc4n32)cc1. The fourth-order valence-electron chi connectivity index (χ4n) is 8.56.